The minimum absolute atomic E-state index is 0.170. The zero-order valence-corrected chi connectivity index (χ0v) is 14.8. The lowest BCUT2D eigenvalue weighted by Gasteiger charge is -2.16. The zero-order chi connectivity index (χ0) is 18.5. The van der Waals surface area contributed by atoms with Gasteiger partial charge in [-0.25, -0.2) is 4.79 Å². The molecule has 1 aliphatic heterocycles. The number of benzene rings is 2. The summed E-state index contributed by atoms with van der Waals surface area (Å²) in [6, 6.07) is 17.4. The van der Waals surface area contributed by atoms with E-state index in [-0.39, 0.29) is 19.1 Å². The van der Waals surface area contributed by atoms with Gasteiger partial charge in [0, 0.05) is 19.0 Å². The molecular formula is C21H23NO4. The minimum Gasteiger partial charge on any atom is -0.481 e. The molecule has 0 aliphatic carbocycles. The van der Waals surface area contributed by atoms with Gasteiger partial charge in [0.05, 0.1) is 5.92 Å². The molecule has 1 amide bonds. The fourth-order valence-electron chi connectivity index (χ4n) is 3.35. The van der Waals surface area contributed by atoms with Crippen molar-refractivity contribution in [2.75, 3.05) is 13.1 Å². The number of carboxylic acid groups (broad SMARTS) is 1. The van der Waals surface area contributed by atoms with E-state index in [1.54, 1.807) is 0 Å². The molecule has 3 rings (SSSR count). The number of likely N-dealkylation sites (tertiary alicyclic amines) is 1. The van der Waals surface area contributed by atoms with E-state index in [1.807, 2.05) is 54.6 Å². The standard InChI is InChI=1S/C21H23NO4/c1-2-15-8-10-17(11-9-15)18-12-22(13-19(18)20(23)24)21(25)26-14-16-6-4-3-5-7-16/h3-11,18-19H,2,12-14H2,1H3,(H,23,24)/t18-,19+/m0/s1. The van der Waals surface area contributed by atoms with E-state index in [2.05, 4.69) is 6.92 Å². The molecule has 0 radical (unpaired) electrons. The number of carbonyl (C=O) groups excluding carboxylic acids is 1. The van der Waals surface area contributed by atoms with Gasteiger partial charge in [0.1, 0.15) is 6.61 Å². The van der Waals surface area contributed by atoms with Crippen LogP contribution < -0.4 is 0 Å². The second-order valence-electron chi connectivity index (χ2n) is 6.59. The maximum Gasteiger partial charge on any atom is 0.410 e. The molecule has 1 fully saturated rings. The molecule has 5 heteroatoms. The Labute approximate surface area is 153 Å². The predicted molar refractivity (Wildman–Crippen MR) is 97.9 cm³/mol. The van der Waals surface area contributed by atoms with Crippen LogP contribution in [0.5, 0.6) is 0 Å². The van der Waals surface area contributed by atoms with Crippen molar-refractivity contribution >= 4 is 12.1 Å². The Morgan fingerprint density at radius 3 is 2.35 bits per heavy atom. The highest BCUT2D eigenvalue weighted by Gasteiger charge is 2.41. The van der Waals surface area contributed by atoms with Crippen molar-refractivity contribution in [3.8, 4) is 0 Å². The molecule has 1 aliphatic rings. The van der Waals surface area contributed by atoms with Crippen LogP contribution in [-0.4, -0.2) is 35.2 Å². The zero-order valence-electron chi connectivity index (χ0n) is 14.8. The lowest BCUT2D eigenvalue weighted by molar-refractivity contribution is -0.141. The van der Waals surface area contributed by atoms with Crippen molar-refractivity contribution in [2.24, 2.45) is 5.92 Å². The topological polar surface area (TPSA) is 66.8 Å². The molecule has 0 aromatic heterocycles. The highest BCUT2D eigenvalue weighted by atomic mass is 16.6. The highest BCUT2D eigenvalue weighted by Crippen LogP contribution is 2.33. The van der Waals surface area contributed by atoms with E-state index in [1.165, 1.54) is 10.5 Å². The summed E-state index contributed by atoms with van der Waals surface area (Å²) < 4.78 is 5.35. The predicted octanol–water partition coefficient (Wildman–Crippen LogP) is 3.69. The molecule has 2 atom stereocenters. The first-order chi connectivity index (χ1) is 12.6. The summed E-state index contributed by atoms with van der Waals surface area (Å²) in [7, 11) is 0. The quantitative estimate of drug-likeness (QED) is 0.890. The number of nitrogens with zero attached hydrogens (tertiary/aromatic N) is 1. The molecule has 136 valence electrons. The second-order valence-corrected chi connectivity index (χ2v) is 6.59. The van der Waals surface area contributed by atoms with Crippen LogP contribution in [-0.2, 0) is 22.6 Å². The molecule has 2 aromatic carbocycles. The van der Waals surface area contributed by atoms with Gasteiger partial charge in [-0.05, 0) is 23.1 Å². The Balaban J connectivity index is 1.67. The number of amides is 1. The van der Waals surface area contributed by atoms with Crippen LogP contribution in [0.3, 0.4) is 0 Å². The molecule has 0 saturated carbocycles. The molecule has 26 heavy (non-hydrogen) atoms. The number of carbonyl (C=O) groups is 2. The monoisotopic (exact) mass is 353 g/mol. The van der Waals surface area contributed by atoms with Gasteiger partial charge in [-0.2, -0.15) is 0 Å². The molecule has 1 N–H and O–H groups in total. The van der Waals surface area contributed by atoms with E-state index >= 15 is 0 Å². The largest absolute Gasteiger partial charge is 0.481 e. The Bertz CT molecular complexity index is 757. The average Bonchev–Trinajstić information content (AvgIpc) is 3.13. The van der Waals surface area contributed by atoms with Crippen molar-refractivity contribution in [1.29, 1.82) is 0 Å². The van der Waals surface area contributed by atoms with E-state index in [0.29, 0.717) is 6.54 Å². The van der Waals surface area contributed by atoms with Gasteiger partial charge in [-0.1, -0.05) is 61.5 Å². The van der Waals surface area contributed by atoms with Crippen molar-refractivity contribution in [1.82, 2.24) is 4.90 Å². The van der Waals surface area contributed by atoms with Crippen LogP contribution in [0.2, 0.25) is 0 Å². The first-order valence-electron chi connectivity index (χ1n) is 8.85. The van der Waals surface area contributed by atoms with Crippen molar-refractivity contribution in [2.45, 2.75) is 25.9 Å². The van der Waals surface area contributed by atoms with Crippen LogP contribution in [0, 0.1) is 5.92 Å². The average molecular weight is 353 g/mol. The summed E-state index contributed by atoms with van der Waals surface area (Å²) in [5.74, 6) is -1.72. The third kappa shape index (κ3) is 4.04. The number of hydrogen-bond acceptors (Lipinski definition) is 3. The minimum atomic E-state index is -0.882. The summed E-state index contributed by atoms with van der Waals surface area (Å²) in [5.41, 5.74) is 3.06. The van der Waals surface area contributed by atoms with E-state index in [0.717, 1.165) is 17.5 Å². The molecule has 1 heterocycles. The first kappa shape index (κ1) is 18.0. The van der Waals surface area contributed by atoms with Crippen molar-refractivity contribution in [3.63, 3.8) is 0 Å². The number of rotatable bonds is 5. The Morgan fingerprint density at radius 2 is 1.73 bits per heavy atom. The Kier molecular flexibility index (Phi) is 5.56. The first-order valence-corrected chi connectivity index (χ1v) is 8.85. The lowest BCUT2D eigenvalue weighted by Crippen LogP contribution is -2.30. The number of ether oxygens (including phenoxy) is 1. The van der Waals surface area contributed by atoms with Gasteiger partial charge in [-0.15, -0.1) is 0 Å². The fraction of sp³-hybridized carbons (Fsp3) is 0.333. The SMILES string of the molecule is CCc1ccc([C@@H]2CN(C(=O)OCc3ccccc3)C[C@H]2C(=O)O)cc1. The summed E-state index contributed by atoms with van der Waals surface area (Å²) in [6.45, 7) is 2.79. The molecule has 1 saturated heterocycles. The number of hydrogen-bond donors (Lipinski definition) is 1. The van der Waals surface area contributed by atoms with Gasteiger partial charge in [0.2, 0.25) is 0 Å². The normalized spacial score (nSPS) is 19.3. The third-order valence-electron chi connectivity index (χ3n) is 4.92. The highest BCUT2D eigenvalue weighted by molar-refractivity contribution is 5.75. The van der Waals surface area contributed by atoms with E-state index < -0.39 is 18.0 Å². The van der Waals surface area contributed by atoms with Crippen LogP contribution in [0.25, 0.3) is 0 Å². The smallest absolute Gasteiger partial charge is 0.410 e. The van der Waals surface area contributed by atoms with Crippen LogP contribution in [0.15, 0.2) is 54.6 Å². The maximum absolute atomic E-state index is 12.4. The molecule has 0 bridgehead atoms. The molecule has 0 unspecified atom stereocenters. The van der Waals surface area contributed by atoms with Crippen LogP contribution in [0.4, 0.5) is 4.79 Å². The number of aryl methyl sites for hydroxylation is 1. The van der Waals surface area contributed by atoms with Crippen LogP contribution in [0.1, 0.15) is 29.5 Å². The van der Waals surface area contributed by atoms with Gasteiger partial charge in [0.25, 0.3) is 0 Å². The fourth-order valence-corrected chi connectivity index (χ4v) is 3.35. The Morgan fingerprint density at radius 1 is 1.04 bits per heavy atom. The van der Waals surface area contributed by atoms with Gasteiger partial charge in [0.15, 0.2) is 0 Å². The lowest BCUT2D eigenvalue weighted by atomic mass is 9.88. The van der Waals surface area contributed by atoms with Crippen molar-refractivity contribution < 1.29 is 19.4 Å². The summed E-state index contributed by atoms with van der Waals surface area (Å²) in [6.07, 6.45) is 0.471. The Hall–Kier alpha value is -2.82. The van der Waals surface area contributed by atoms with Crippen LogP contribution >= 0.6 is 0 Å². The van der Waals surface area contributed by atoms with E-state index in [9.17, 15) is 14.7 Å². The summed E-state index contributed by atoms with van der Waals surface area (Å²) >= 11 is 0. The van der Waals surface area contributed by atoms with Gasteiger partial charge < -0.3 is 14.7 Å². The number of aliphatic carboxylic acids is 1. The molecule has 5 nitrogen and oxygen atoms in total. The molecule has 2 aromatic rings. The molecule has 0 spiro atoms. The van der Waals surface area contributed by atoms with Gasteiger partial charge in [-0.3, -0.25) is 4.79 Å². The second kappa shape index (κ2) is 8.04. The van der Waals surface area contributed by atoms with Gasteiger partial charge >= 0.3 is 12.1 Å². The summed E-state index contributed by atoms with van der Waals surface area (Å²) in [4.78, 5) is 25.6. The van der Waals surface area contributed by atoms with Crippen molar-refractivity contribution in [3.05, 3.63) is 71.3 Å². The van der Waals surface area contributed by atoms with E-state index in [4.69, 9.17) is 4.74 Å². The maximum atomic E-state index is 12.4. The number of carboxylic acids is 1. The summed E-state index contributed by atoms with van der Waals surface area (Å²) in [5, 5.41) is 9.57. The molecular weight excluding hydrogens is 330 g/mol. The third-order valence-corrected chi connectivity index (χ3v) is 4.92.